The third-order valence-electron chi connectivity index (χ3n) is 2.63. The van der Waals surface area contributed by atoms with E-state index in [9.17, 15) is 4.79 Å². The van der Waals surface area contributed by atoms with Gasteiger partial charge in [0.05, 0.1) is 0 Å². The number of anilines is 1. The molecule has 0 saturated carbocycles. The van der Waals surface area contributed by atoms with Gasteiger partial charge in [0.1, 0.15) is 0 Å². The van der Waals surface area contributed by atoms with E-state index in [1.807, 2.05) is 18.2 Å². The molecule has 1 aromatic carbocycles. The van der Waals surface area contributed by atoms with Gasteiger partial charge in [-0.1, -0.05) is 15.9 Å². The van der Waals surface area contributed by atoms with E-state index >= 15 is 0 Å². The third kappa shape index (κ3) is 2.55. The number of rotatable bonds is 2. The molecule has 0 radical (unpaired) electrons. The van der Waals surface area contributed by atoms with Crippen LogP contribution in [0.2, 0.25) is 0 Å². The number of pyridine rings is 1. The number of nitrogens with zero attached hydrogens (tertiary/aromatic N) is 2. The van der Waals surface area contributed by atoms with Gasteiger partial charge in [0.25, 0.3) is 0 Å². The lowest BCUT2D eigenvalue weighted by molar-refractivity contribution is -0.114. The zero-order chi connectivity index (χ0) is 14.1. The maximum atomic E-state index is 11.1. The SMILES string of the molecule is CC(=O)Nc1cc(Br)cc(-c2nc3ncccc3o2)c1. The van der Waals surface area contributed by atoms with E-state index in [4.69, 9.17) is 4.42 Å². The summed E-state index contributed by atoms with van der Waals surface area (Å²) < 4.78 is 6.49. The van der Waals surface area contributed by atoms with Crippen LogP contribution in [-0.2, 0) is 4.79 Å². The first-order chi connectivity index (χ1) is 9.61. The van der Waals surface area contributed by atoms with Gasteiger partial charge >= 0.3 is 0 Å². The number of aromatic nitrogens is 2. The van der Waals surface area contributed by atoms with Crippen molar-refractivity contribution in [3.05, 3.63) is 41.0 Å². The maximum absolute atomic E-state index is 11.1. The largest absolute Gasteiger partial charge is 0.434 e. The van der Waals surface area contributed by atoms with Crippen molar-refractivity contribution in [3.63, 3.8) is 0 Å². The first-order valence-corrected chi connectivity index (χ1v) is 6.71. The van der Waals surface area contributed by atoms with E-state index in [0.717, 1.165) is 10.0 Å². The molecular formula is C14H10BrN3O2. The molecule has 0 saturated heterocycles. The van der Waals surface area contributed by atoms with Crippen LogP contribution in [-0.4, -0.2) is 15.9 Å². The summed E-state index contributed by atoms with van der Waals surface area (Å²) in [6, 6.07) is 9.09. The molecule has 0 fully saturated rings. The molecule has 0 aliphatic heterocycles. The molecule has 1 N–H and O–H groups in total. The maximum Gasteiger partial charge on any atom is 0.228 e. The van der Waals surface area contributed by atoms with E-state index in [1.54, 1.807) is 18.3 Å². The first-order valence-electron chi connectivity index (χ1n) is 5.92. The molecule has 0 aliphatic rings. The Morgan fingerprint density at radius 2 is 2.20 bits per heavy atom. The zero-order valence-electron chi connectivity index (χ0n) is 10.6. The standard InChI is InChI=1S/C14H10BrN3O2/c1-8(19)17-11-6-9(5-10(15)7-11)14-18-13-12(20-14)3-2-4-16-13/h2-7H,1H3,(H,17,19). The quantitative estimate of drug-likeness (QED) is 0.778. The van der Waals surface area contributed by atoms with Crippen LogP contribution in [0, 0.1) is 0 Å². The Kier molecular flexibility index (Phi) is 3.23. The minimum absolute atomic E-state index is 0.131. The van der Waals surface area contributed by atoms with Crippen molar-refractivity contribution in [2.45, 2.75) is 6.92 Å². The van der Waals surface area contributed by atoms with Crippen molar-refractivity contribution in [1.29, 1.82) is 0 Å². The second-order valence-corrected chi connectivity index (χ2v) is 5.17. The Hall–Kier alpha value is -2.21. The highest BCUT2D eigenvalue weighted by Crippen LogP contribution is 2.28. The van der Waals surface area contributed by atoms with Crippen LogP contribution < -0.4 is 5.32 Å². The second kappa shape index (κ2) is 5.05. The smallest absolute Gasteiger partial charge is 0.228 e. The minimum Gasteiger partial charge on any atom is -0.434 e. The molecule has 3 rings (SSSR count). The predicted molar refractivity (Wildman–Crippen MR) is 79.2 cm³/mol. The molecule has 100 valence electrons. The molecule has 2 heterocycles. The fraction of sp³-hybridized carbons (Fsp3) is 0.0714. The van der Waals surface area contributed by atoms with Crippen molar-refractivity contribution >= 4 is 38.8 Å². The number of fused-ring (bicyclic) bond motifs is 1. The minimum atomic E-state index is -0.131. The van der Waals surface area contributed by atoms with Gasteiger partial charge in [-0.05, 0) is 30.3 Å². The average Bonchev–Trinajstić information content (AvgIpc) is 2.80. The van der Waals surface area contributed by atoms with Gasteiger partial charge in [-0.25, -0.2) is 4.98 Å². The number of carbonyl (C=O) groups is 1. The van der Waals surface area contributed by atoms with Gasteiger partial charge in [0, 0.05) is 28.8 Å². The summed E-state index contributed by atoms with van der Waals surface area (Å²) in [5.41, 5.74) is 2.63. The zero-order valence-corrected chi connectivity index (χ0v) is 12.1. The number of nitrogens with one attached hydrogen (secondary N) is 1. The second-order valence-electron chi connectivity index (χ2n) is 4.25. The lowest BCUT2D eigenvalue weighted by Crippen LogP contribution is -2.05. The molecule has 2 aromatic heterocycles. The van der Waals surface area contributed by atoms with Crippen LogP contribution in [0.5, 0.6) is 0 Å². The van der Waals surface area contributed by atoms with E-state index < -0.39 is 0 Å². The van der Waals surface area contributed by atoms with Gasteiger partial charge in [-0.2, -0.15) is 4.98 Å². The fourth-order valence-electron chi connectivity index (χ4n) is 1.88. The van der Waals surface area contributed by atoms with Gasteiger partial charge < -0.3 is 9.73 Å². The summed E-state index contributed by atoms with van der Waals surface area (Å²) in [4.78, 5) is 19.6. The molecule has 5 nitrogen and oxygen atoms in total. The van der Waals surface area contributed by atoms with Gasteiger partial charge in [-0.3, -0.25) is 4.79 Å². The van der Waals surface area contributed by atoms with Crippen LogP contribution in [0.3, 0.4) is 0 Å². The Morgan fingerprint density at radius 3 is 2.95 bits per heavy atom. The summed E-state index contributed by atoms with van der Waals surface area (Å²) >= 11 is 3.41. The van der Waals surface area contributed by atoms with Crippen LogP contribution in [0.4, 0.5) is 5.69 Å². The number of oxazole rings is 1. The molecule has 0 atom stereocenters. The van der Waals surface area contributed by atoms with Crippen molar-refractivity contribution < 1.29 is 9.21 Å². The van der Waals surface area contributed by atoms with Crippen molar-refractivity contribution in [2.24, 2.45) is 0 Å². The molecule has 0 unspecified atom stereocenters. The monoisotopic (exact) mass is 331 g/mol. The predicted octanol–water partition coefficient (Wildman–Crippen LogP) is 3.61. The highest BCUT2D eigenvalue weighted by Gasteiger charge is 2.10. The lowest BCUT2D eigenvalue weighted by Gasteiger charge is -2.04. The number of hydrogen-bond donors (Lipinski definition) is 1. The van der Waals surface area contributed by atoms with Gasteiger partial charge in [0.15, 0.2) is 11.2 Å². The fourth-order valence-corrected chi connectivity index (χ4v) is 2.37. The molecule has 1 amide bonds. The van der Waals surface area contributed by atoms with Crippen LogP contribution in [0.15, 0.2) is 45.4 Å². The summed E-state index contributed by atoms with van der Waals surface area (Å²) in [7, 11) is 0. The highest BCUT2D eigenvalue weighted by atomic mass is 79.9. The molecule has 20 heavy (non-hydrogen) atoms. The third-order valence-corrected chi connectivity index (χ3v) is 3.09. The van der Waals surface area contributed by atoms with E-state index in [-0.39, 0.29) is 5.91 Å². The summed E-state index contributed by atoms with van der Waals surface area (Å²) in [5, 5.41) is 2.74. The van der Waals surface area contributed by atoms with Crippen molar-refractivity contribution in [2.75, 3.05) is 5.32 Å². The number of hydrogen-bond acceptors (Lipinski definition) is 4. The Bertz CT molecular complexity index is 765. The summed E-state index contributed by atoms with van der Waals surface area (Å²) in [6.07, 6.45) is 1.66. The van der Waals surface area contributed by atoms with Crippen LogP contribution in [0.25, 0.3) is 22.7 Å². The normalized spacial score (nSPS) is 10.7. The number of amides is 1. The molecule has 6 heteroatoms. The van der Waals surface area contributed by atoms with Crippen molar-refractivity contribution in [3.8, 4) is 11.5 Å². The lowest BCUT2D eigenvalue weighted by atomic mass is 10.2. The molecular weight excluding hydrogens is 322 g/mol. The number of halogens is 1. The van der Waals surface area contributed by atoms with Gasteiger partial charge in [0.2, 0.25) is 11.8 Å². The topological polar surface area (TPSA) is 68.0 Å². The summed E-state index contributed by atoms with van der Waals surface area (Å²) in [5.74, 6) is 0.333. The van der Waals surface area contributed by atoms with Crippen LogP contribution in [0.1, 0.15) is 6.92 Å². The van der Waals surface area contributed by atoms with E-state index in [2.05, 4.69) is 31.2 Å². The highest BCUT2D eigenvalue weighted by molar-refractivity contribution is 9.10. The Morgan fingerprint density at radius 1 is 1.35 bits per heavy atom. The number of carbonyl (C=O) groups excluding carboxylic acids is 1. The Labute approximate surface area is 123 Å². The van der Waals surface area contributed by atoms with E-state index in [0.29, 0.717) is 22.8 Å². The average molecular weight is 332 g/mol. The molecule has 0 aliphatic carbocycles. The van der Waals surface area contributed by atoms with Gasteiger partial charge in [-0.15, -0.1) is 0 Å². The van der Waals surface area contributed by atoms with E-state index in [1.165, 1.54) is 6.92 Å². The number of benzene rings is 1. The van der Waals surface area contributed by atoms with Crippen LogP contribution >= 0.6 is 15.9 Å². The molecule has 0 bridgehead atoms. The molecule has 0 spiro atoms. The molecule has 3 aromatic rings. The Balaban J connectivity index is 2.08. The first kappa shape index (κ1) is 12.8. The summed E-state index contributed by atoms with van der Waals surface area (Å²) in [6.45, 7) is 1.46. The van der Waals surface area contributed by atoms with Crippen molar-refractivity contribution in [1.82, 2.24) is 9.97 Å².